The minimum absolute atomic E-state index is 0.0362. The standard InChI is InChI=1S/C13H12ClN3O3/c1-7-6-9(7)20-11-4-5-17(16-11)10-3-2-8(13(18)19)12(14)15-10/h2-5,7,9H,6H2,1H3,(H,18,19)/t7-,9-/m1/s1. The molecule has 3 rings (SSSR count). The fourth-order valence-electron chi connectivity index (χ4n) is 1.82. The van der Waals surface area contributed by atoms with Crippen molar-refractivity contribution < 1.29 is 14.6 Å². The van der Waals surface area contributed by atoms with Crippen LogP contribution in [-0.4, -0.2) is 31.9 Å². The van der Waals surface area contributed by atoms with Gasteiger partial charge < -0.3 is 9.84 Å². The molecule has 7 heteroatoms. The summed E-state index contributed by atoms with van der Waals surface area (Å²) in [6.45, 7) is 2.12. The molecule has 0 bridgehead atoms. The van der Waals surface area contributed by atoms with E-state index in [4.69, 9.17) is 21.4 Å². The predicted octanol–water partition coefficient (Wildman–Crippen LogP) is 2.41. The van der Waals surface area contributed by atoms with Crippen molar-refractivity contribution in [3.8, 4) is 11.7 Å². The smallest absolute Gasteiger partial charge is 0.338 e. The number of halogens is 1. The average Bonchev–Trinajstić information content (AvgIpc) is 2.89. The summed E-state index contributed by atoms with van der Waals surface area (Å²) in [6.07, 6.45) is 2.98. The summed E-state index contributed by atoms with van der Waals surface area (Å²) >= 11 is 5.83. The van der Waals surface area contributed by atoms with Crippen LogP contribution in [0.5, 0.6) is 5.88 Å². The maximum Gasteiger partial charge on any atom is 0.338 e. The van der Waals surface area contributed by atoms with E-state index in [1.165, 1.54) is 10.7 Å². The first kappa shape index (κ1) is 12.9. The molecule has 104 valence electrons. The zero-order chi connectivity index (χ0) is 14.3. The topological polar surface area (TPSA) is 77.2 Å². The molecule has 0 saturated heterocycles. The molecule has 1 aliphatic carbocycles. The van der Waals surface area contributed by atoms with Gasteiger partial charge in [0.15, 0.2) is 5.82 Å². The lowest BCUT2D eigenvalue weighted by molar-refractivity contribution is 0.0696. The van der Waals surface area contributed by atoms with Gasteiger partial charge in [0.2, 0.25) is 5.88 Å². The average molecular weight is 294 g/mol. The lowest BCUT2D eigenvalue weighted by atomic mass is 10.3. The number of pyridine rings is 1. The maximum atomic E-state index is 10.9. The van der Waals surface area contributed by atoms with Crippen molar-refractivity contribution in [3.63, 3.8) is 0 Å². The van der Waals surface area contributed by atoms with E-state index < -0.39 is 5.97 Å². The predicted molar refractivity (Wildman–Crippen MR) is 71.5 cm³/mol. The summed E-state index contributed by atoms with van der Waals surface area (Å²) in [6, 6.07) is 4.69. The minimum Gasteiger partial charge on any atom is -0.478 e. The van der Waals surface area contributed by atoms with Crippen LogP contribution >= 0.6 is 11.6 Å². The molecule has 1 fully saturated rings. The number of hydrogen-bond donors (Lipinski definition) is 1. The van der Waals surface area contributed by atoms with Crippen LogP contribution in [0.2, 0.25) is 5.15 Å². The summed E-state index contributed by atoms with van der Waals surface area (Å²) < 4.78 is 7.14. The number of rotatable bonds is 4. The van der Waals surface area contributed by atoms with Crippen molar-refractivity contribution in [2.45, 2.75) is 19.4 Å². The summed E-state index contributed by atoms with van der Waals surface area (Å²) in [5.41, 5.74) is -0.0362. The molecule has 0 aliphatic heterocycles. The van der Waals surface area contributed by atoms with E-state index in [9.17, 15) is 4.79 Å². The number of nitrogens with zero attached hydrogens (tertiary/aromatic N) is 3. The number of ether oxygens (including phenoxy) is 1. The van der Waals surface area contributed by atoms with Crippen molar-refractivity contribution in [2.24, 2.45) is 5.92 Å². The fraction of sp³-hybridized carbons (Fsp3) is 0.308. The third-order valence-electron chi connectivity index (χ3n) is 3.17. The van der Waals surface area contributed by atoms with E-state index in [1.54, 1.807) is 18.3 Å². The van der Waals surface area contributed by atoms with Gasteiger partial charge in [-0.25, -0.2) is 14.5 Å². The highest BCUT2D eigenvalue weighted by molar-refractivity contribution is 6.32. The zero-order valence-electron chi connectivity index (χ0n) is 10.7. The summed E-state index contributed by atoms with van der Waals surface area (Å²) in [4.78, 5) is 14.9. The summed E-state index contributed by atoms with van der Waals surface area (Å²) in [5, 5.41) is 13.1. The van der Waals surface area contributed by atoms with Crippen LogP contribution in [-0.2, 0) is 0 Å². The number of carbonyl (C=O) groups is 1. The van der Waals surface area contributed by atoms with Crippen LogP contribution in [0.4, 0.5) is 0 Å². The molecule has 20 heavy (non-hydrogen) atoms. The third kappa shape index (κ3) is 2.46. The van der Waals surface area contributed by atoms with E-state index in [0.29, 0.717) is 17.6 Å². The molecule has 1 saturated carbocycles. The fourth-order valence-corrected chi connectivity index (χ4v) is 2.05. The van der Waals surface area contributed by atoms with E-state index in [0.717, 1.165) is 6.42 Å². The molecule has 0 aromatic carbocycles. The highest BCUT2D eigenvalue weighted by Crippen LogP contribution is 2.33. The van der Waals surface area contributed by atoms with Crippen molar-refractivity contribution in [1.29, 1.82) is 0 Å². The molecule has 6 nitrogen and oxygen atoms in total. The lowest BCUT2D eigenvalue weighted by Crippen LogP contribution is -2.05. The normalized spacial score (nSPS) is 20.7. The number of carboxylic acid groups (broad SMARTS) is 1. The van der Waals surface area contributed by atoms with Crippen LogP contribution in [0.3, 0.4) is 0 Å². The highest BCUT2D eigenvalue weighted by Gasteiger charge is 2.35. The Morgan fingerprint density at radius 2 is 2.25 bits per heavy atom. The van der Waals surface area contributed by atoms with Crippen LogP contribution in [0, 0.1) is 5.92 Å². The number of aromatic nitrogens is 3. The van der Waals surface area contributed by atoms with Gasteiger partial charge in [0, 0.05) is 12.3 Å². The Balaban J connectivity index is 1.82. The van der Waals surface area contributed by atoms with Gasteiger partial charge in [-0.15, -0.1) is 5.10 Å². The molecule has 0 spiro atoms. The van der Waals surface area contributed by atoms with Gasteiger partial charge in [0.1, 0.15) is 11.3 Å². The molecule has 0 amide bonds. The van der Waals surface area contributed by atoms with Gasteiger partial charge in [-0.05, 0) is 24.5 Å². The molecule has 0 unspecified atom stereocenters. The molecular formula is C13H12ClN3O3. The second-order valence-electron chi connectivity index (χ2n) is 4.78. The van der Waals surface area contributed by atoms with Gasteiger partial charge in [-0.2, -0.15) is 0 Å². The largest absolute Gasteiger partial charge is 0.478 e. The van der Waals surface area contributed by atoms with Gasteiger partial charge in [0.25, 0.3) is 0 Å². The molecule has 2 aromatic heterocycles. The van der Waals surface area contributed by atoms with E-state index in [-0.39, 0.29) is 16.8 Å². The van der Waals surface area contributed by atoms with Crippen molar-refractivity contribution in [3.05, 3.63) is 35.1 Å². The lowest BCUT2D eigenvalue weighted by Gasteiger charge is -2.03. The molecule has 1 N–H and O–H groups in total. The first-order chi connectivity index (χ1) is 9.54. The first-order valence-corrected chi connectivity index (χ1v) is 6.55. The van der Waals surface area contributed by atoms with E-state index >= 15 is 0 Å². The summed E-state index contributed by atoms with van der Waals surface area (Å²) in [5.74, 6) is 0.433. The van der Waals surface area contributed by atoms with Gasteiger partial charge in [-0.3, -0.25) is 0 Å². The second-order valence-corrected chi connectivity index (χ2v) is 5.14. The number of hydrogen-bond acceptors (Lipinski definition) is 4. The Kier molecular flexibility index (Phi) is 3.10. The van der Waals surface area contributed by atoms with Crippen LogP contribution < -0.4 is 4.74 Å². The zero-order valence-corrected chi connectivity index (χ0v) is 11.4. The molecule has 2 aromatic rings. The molecular weight excluding hydrogens is 282 g/mol. The minimum atomic E-state index is -1.11. The van der Waals surface area contributed by atoms with Crippen molar-refractivity contribution in [2.75, 3.05) is 0 Å². The Bertz CT molecular complexity index is 671. The molecule has 2 atom stereocenters. The Labute approximate surface area is 120 Å². The number of aromatic carboxylic acids is 1. The summed E-state index contributed by atoms with van der Waals surface area (Å²) in [7, 11) is 0. The van der Waals surface area contributed by atoms with E-state index in [2.05, 4.69) is 17.0 Å². The van der Waals surface area contributed by atoms with Crippen molar-refractivity contribution >= 4 is 17.6 Å². The van der Waals surface area contributed by atoms with Crippen LogP contribution in [0.15, 0.2) is 24.4 Å². The van der Waals surface area contributed by atoms with Crippen LogP contribution in [0.1, 0.15) is 23.7 Å². The SMILES string of the molecule is C[C@@H]1C[C@H]1Oc1ccn(-c2ccc(C(=O)O)c(Cl)n2)n1. The molecule has 0 radical (unpaired) electrons. The Hall–Kier alpha value is -2.08. The van der Waals surface area contributed by atoms with E-state index in [1.807, 2.05) is 0 Å². The number of carboxylic acids is 1. The second kappa shape index (κ2) is 4.79. The van der Waals surface area contributed by atoms with Crippen LogP contribution in [0.25, 0.3) is 5.82 Å². The first-order valence-electron chi connectivity index (χ1n) is 6.17. The highest BCUT2D eigenvalue weighted by atomic mass is 35.5. The van der Waals surface area contributed by atoms with Gasteiger partial charge in [0.05, 0.1) is 5.56 Å². The molecule has 2 heterocycles. The van der Waals surface area contributed by atoms with Crippen molar-refractivity contribution in [1.82, 2.24) is 14.8 Å². The Morgan fingerprint density at radius 3 is 2.85 bits per heavy atom. The Morgan fingerprint density at radius 1 is 1.50 bits per heavy atom. The maximum absolute atomic E-state index is 10.9. The van der Waals surface area contributed by atoms with Gasteiger partial charge >= 0.3 is 5.97 Å². The monoisotopic (exact) mass is 293 g/mol. The van der Waals surface area contributed by atoms with Gasteiger partial charge in [-0.1, -0.05) is 18.5 Å². The molecule has 1 aliphatic rings. The third-order valence-corrected chi connectivity index (χ3v) is 3.46. The quantitative estimate of drug-likeness (QED) is 0.876.